The van der Waals surface area contributed by atoms with Crippen LogP contribution in [-0.4, -0.2) is 49.3 Å². The molecule has 7 heteroatoms. The molecule has 1 aromatic carbocycles. The third-order valence-electron chi connectivity index (χ3n) is 5.28. The fourth-order valence-electron chi connectivity index (χ4n) is 3.52. The van der Waals surface area contributed by atoms with Crippen molar-refractivity contribution in [1.82, 2.24) is 10.2 Å². The van der Waals surface area contributed by atoms with Gasteiger partial charge in [-0.2, -0.15) is 13.2 Å². The molecule has 0 bridgehead atoms. The van der Waals surface area contributed by atoms with Gasteiger partial charge < -0.3 is 10.1 Å². The second-order valence-electron chi connectivity index (χ2n) is 7.91. The first-order valence-electron chi connectivity index (χ1n) is 9.95. The summed E-state index contributed by atoms with van der Waals surface area (Å²) in [5, 5.41) is 2.96. The molecule has 1 aliphatic rings. The lowest BCUT2D eigenvalue weighted by atomic mass is 9.90. The average molecular weight is 400 g/mol. The zero-order valence-corrected chi connectivity index (χ0v) is 16.9. The molecule has 1 aromatic rings. The van der Waals surface area contributed by atoms with Crippen LogP contribution in [0.1, 0.15) is 51.5 Å². The molecule has 1 amide bonds. The maximum atomic E-state index is 12.5. The van der Waals surface area contributed by atoms with Crippen molar-refractivity contribution in [3.05, 3.63) is 29.8 Å². The fraction of sp³-hybridized carbons (Fsp3) is 0.667. The lowest BCUT2D eigenvalue weighted by Crippen LogP contribution is -2.46. The van der Waals surface area contributed by atoms with E-state index in [0.29, 0.717) is 38.5 Å². The molecule has 1 atom stereocenters. The Morgan fingerprint density at radius 3 is 2.32 bits per heavy atom. The third-order valence-corrected chi connectivity index (χ3v) is 5.28. The van der Waals surface area contributed by atoms with E-state index >= 15 is 0 Å². The molecule has 1 N–H and O–H groups in total. The van der Waals surface area contributed by atoms with E-state index in [0.717, 1.165) is 5.75 Å². The Labute approximate surface area is 165 Å². The van der Waals surface area contributed by atoms with Gasteiger partial charge in [0.25, 0.3) is 0 Å². The van der Waals surface area contributed by atoms with Crippen molar-refractivity contribution < 1.29 is 22.7 Å². The topological polar surface area (TPSA) is 41.6 Å². The first-order valence-corrected chi connectivity index (χ1v) is 9.95. The average Bonchev–Trinajstić information content (AvgIpc) is 2.61. The van der Waals surface area contributed by atoms with E-state index in [1.54, 1.807) is 0 Å². The number of rotatable bonds is 8. The van der Waals surface area contributed by atoms with Crippen molar-refractivity contribution in [1.29, 1.82) is 0 Å². The van der Waals surface area contributed by atoms with Crippen LogP contribution in [0.3, 0.4) is 0 Å². The van der Waals surface area contributed by atoms with Gasteiger partial charge in [0.05, 0.1) is 19.6 Å². The molecule has 1 fully saturated rings. The molecule has 1 unspecified atom stereocenters. The number of piperidine rings is 1. The Bertz CT molecular complexity index is 609. The van der Waals surface area contributed by atoms with Crippen molar-refractivity contribution >= 4 is 5.91 Å². The van der Waals surface area contributed by atoms with E-state index in [2.05, 4.69) is 19.2 Å². The van der Waals surface area contributed by atoms with Gasteiger partial charge in [-0.3, -0.25) is 9.69 Å². The van der Waals surface area contributed by atoms with Crippen molar-refractivity contribution in [2.75, 3.05) is 26.2 Å². The Hall–Kier alpha value is -1.76. The molecule has 1 saturated heterocycles. The molecular weight excluding hydrogens is 369 g/mol. The minimum atomic E-state index is -4.15. The largest absolute Gasteiger partial charge is 0.493 e. The van der Waals surface area contributed by atoms with Crippen LogP contribution in [0.4, 0.5) is 13.2 Å². The number of hydrogen-bond acceptors (Lipinski definition) is 3. The van der Waals surface area contributed by atoms with Crippen LogP contribution >= 0.6 is 0 Å². The molecule has 158 valence electrons. The van der Waals surface area contributed by atoms with E-state index in [1.807, 2.05) is 31.2 Å². The lowest BCUT2D eigenvalue weighted by molar-refractivity contribution is -0.148. The standard InChI is InChI=1S/C21H31F3N2O2/c1-15(2)17-4-6-19(7-5-17)28-13-10-20(27)25-16(3)18-8-11-26(12-9-18)14-21(22,23)24/h4-7,15-16,18H,8-14H2,1-3H3,(H,25,27). The highest BCUT2D eigenvalue weighted by Gasteiger charge is 2.33. The van der Waals surface area contributed by atoms with E-state index in [1.165, 1.54) is 10.5 Å². The number of benzene rings is 1. The molecule has 0 spiro atoms. The highest BCUT2D eigenvalue weighted by atomic mass is 19.4. The number of hydrogen-bond donors (Lipinski definition) is 1. The molecule has 0 radical (unpaired) electrons. The fourth-order valence-corrected chi connectivity index (χ4v) is 3.52. The summed E-state index contributed by atoms with van der Waals surface area (Å²) in [6.45, 7) is 6.45. The summed E-state index contributed by atoms with van der Waals surface area (Å²) in [5.74, 6) is 1.31. The monoisotopic (exact) mass is 400 g/mol. The van der Waals surface area contributed by atoms with Gasteiger partial charge >= 0.3 is 6.18 Å². The van der Waals surface area contributed by atoms with Gasteiger partial charge in [0.15, 0.2) is 0 Å². The minimum absolute atomic E-state index is 0.0501. The van der Waals surface area contributed by atoms with Crippen LogP contribution in [0, 0.1) is 5.92 Å². The van der Waals surface area contributed by atoms with E-state index in [-0.39, 0.29) is 24.3 Å². The molecule has 0 aromatic heterocycles. The predicted octanol–water partition coefficient (Wildman–Crippen LogP) is 4.36. The number of nitrogens with one attached hydrogen (secondary N) is 1. The van der Waals surface area contributed by atoms with Gasteiger partial charge in [-0.05, 0) is 62.4 Å². The first kappa shape index (κ1) is 22.5. The number of amides is 1. The van der Waals surface area contributed by atoms with E-state index in [4.69, 9.17) is 4.74 Å². The van der Waals surface area contributed by atoms with E-state index in [9.17, 15) is 18.0 Å². The summed E-state index contributed by atoms with van der Waals surface area (Å²) in [5.41, 5.74) is 1.24. The number of ether oxygens (including phenoxy) is 1. The van der Waals surface area contributed by atoms with Crippen molar-refractivity contribution in [2.45, 2.75) is 58.2 Å². The molecule has 0 aliphatic carbocycles. The molecule has 4 nitrogen and oxygen atoms in total. The van der Waals surface area contributed by atoms with Crippen LogP contribution in [0.25, 0.3) is 0 Å². The molecular formula is C21H31F3N2O2. The maximum Gasteiger partial charge on any atom is 0.401 e. The van der Waals surface area contributed by atoms with Gasteiger partial charge in [0.1, 0.15) is 5.75 Å². The molecule has 2 rings (SSSR count). The van der Waals surface area contributed by atoms with Crippen LogP contribution in [0.5, 0.6) is 5.75 Å². The van der Waals surface area contributed by atoms with Crippen LogP contribution in [0.2, 0.25) is 0 Å². The molecule has 1 heterocycles. The van der Waals surface area contributed by atoms with Crippen LogP contribution in [-0.2, 0) is 4.79 Å². The molecule has 28 heavy (non-hydrogen) atoms. The Balaban J connectivity index is 1.66. The number of halogens is 3. The number of likely N-dealkylation sites (tertiary alicyclic amines) is 1. The van der Waals surface area contributed by atoms with Gasteiger partial charge in [0.2, 0.25) is 5.91 Å². The van der Waals surface area contributed by atoms with Gasteiger partial charge in [-0.1, -0.05) is 26.0 Å². The third kappa shape index (κ3) is 7.70. The predicted molar refractivity (Wildman–Crippen MR) is 103 cm³/mol. The smallest absolute Gasteiger partial charge is 0.401 e. The summed E-state index contributed by atoms with van der Waals surface area (Å²) in [6.07, 6.45) is -2.57. The summed E-state index contributed by atoms with van der Waals surface area (Å²) >= 11 is 0. The normalized spacial score (nSPS) is 17.5. The first-order chi connectivity index (χ1) is 13.1. The highest BCUT2D eigenvalue weighted by molar-refractivity contribution is 5.76. The maximum absolute atomic E-state index is 12.5. The van der Waals surface area contributed by atoms with Gasteiger partial charge in [0, 0.05) is 6.04 Å². The quantitative estimate of drug-likeness (QED) is 0.705. The number of carbonyl (C=O) groups excluding carboxylic acids is 1. The Morgan fingerprint density at radius 2 is 1.79 bits per heavy atom. The second kappa shape index (κ2) is 10.1. The van der Waals surface area contributed by atoms with Crippen LogP contribution in [0.15, 0.2) is 24.3 Å². The minimum Gasteiger partial charge on any atom is -0.493 e. The number of nitrogens with zero attached hydrogens (tertiary/aromatic N) is 1. The van der Waals surface area contributed by atoms with Gasteiger partial charge in [-0.15, -0.1) is 0 Å². The zero-order chi connectivity index (χ0) is 20.7. The number of carbonyl (C=O) groups is 1. The Morgan fingerprint density at radius 1 is 1.18 bits per heavy atom. The molecule has 1 aliphatic heterocycles. The Kier molecular flexibility index (Phi) is 8.16. The van der Waals surface area contributed by atoms with Crippen LogP contribution < -0.4 is 10.1 Å². The lowest BCUT2D eigenvalue weighted by Gasteiger charge is -2.35. The number of alkyl halides is 3. The second-order valence-corrected chi connectivity index (χ2v) is 7.91. The SMILES string of the molecule is CC(C)c1ccc(OCCC(=O)NC(C)C2CCN(CC(F)(F)F)CC2)cc1. The summed E-state index contributed by atoms with van der Waals surface area (Å²) in [4.78, 5) is 13.6. The highest BCUT2D eigenvalue weighted by Crippen LogP contribution is 2.24. The van der Waals surface area contributed by atoms with E-state index < -0.39 is 12.7 Å². The summed E-state index contributed by atoms with van der Waals surface area (Å²) in [6, 6.07) is 7.81. The van der Waals surface area contributed by atoms with Crippen molar-refractivity contribution in [3.63, 3.8) is 0 Å². The summed E-state index contributed by atoms with van der Waals surface area (Å²) in [7, 11) is 0. The van der Waals surface area contributed by atoms with Crippen molar-refractivity contribution in [3.8, 4) is 5.75 Å². The van der Waals surface area contributed by atoms with Gasteiger partial charge in [-0.25, -0.2) is 0 Å². The summed E-state index contributed by atoms with van der Waals surface area (Å²) < 4.78 is 43.0. The zero-order valence-electron chi connectivity index (χ0n) is 16.9. The van der Waals surface area contributed by atoms with Crippen molar-refractivity contribution in [2.24, 2.45) is 5.92 Å². The molecule has 0 saturated carbocycles.